The predicted octanol–water partition coefficient (Wildman–Crippen LogP) is 3.42. The summed E-state index contributed by atoms with van der Waals surface area (Å²) < 4.78 is 12.2. The molecule has 0 aliphatic carbocycles. The van der Waals surface area contributed by atoms with E-state index in [0.717, 1.165) is 12.8 Å². The molecule has 1 heteroatoms. The van der Waals surface area contributed by atoms with E-state index in [1.54, 1.807) is 0 Å². The number of hydrogen-bond donors (Lipinski definition) is 0. The van der Waals surface area contributed by atoms with Crippen molar-refractivity contribution in [3.05, 3.63) is 0 Å². The molecule has 62 valence electrons. The van der Waals surface area contributed by atoms with Crippen molar-refractivity contribution in [3.8, 4) is 0 Å². The largest absolute Gasteiger partial charge is 0.251 e. The van der Waals surface area contributed by atoms with Gasteiger partial charge < -0.3 is 0 Å². The second-order valence-corrected chi connectivity index (χ2v) is 4.23. The van der Waals surface area contributed by atoms with Crippen molar-refractivity contribution in [2.45, 2.75) is 40.5 Å². The maximum Gasteiger partial charge on any atom is 0.0945 e. The summed E-state index contributed by atoms with van der Waals surface area (Å²) in [6.07, 6.45) is 2.14. The summed E-state index contributed by atoms with van der Waals surface area (Å²) in [5.74, 6) is 0.700. The molecular weight excluding hydrogens is 127 g/mol. The van der Waals surface area contributed by atoms with Crippen molar-refractivity contribution in [2.75, 3.05) is 6.67 Å². The Morgan fingerprint density at radius 3 is 2.10 bits per heavy atom. The molecule has 0 radical (unpaired) electrons. The Labute approximate surface area is 63.8 Å². The molecule has 0 aliphatic rings. The third-order valence-electron chi connectivity index (χ3n) is 1.76. The fourth-order valence-electron chi connectivity index (χ4n) is 0.746. The standard InChI is InChI=1S/C9H19F/c1-8(2)5-6-9(3,4)7-10/h8H,5-7H2,1-4H3. The fraction of sp³-hybridized carbons (Fsp3) is 1.00. The van der Waals surface area contributed by atoms with E-state index in [4.69, 9.17) is 0 Å². The molecule has 0 aromatic carbocycles. The van der Waals surface area contributed by atoms with Crippen LogP contribution in [0.4, 0.5) is 4.39 Å². The molecule has 0 aromatic heterocycles. The van der Waals surface area contributed by atoms with Crippen LogP contribution in [0.2, 0.25) is 0 Å². The second-order valence-electron chi connectivity index (χ2n) is 4.23. The van der Waals surface area contributed by atoms with Crippen LogP contribution in [0, 0.1) is 11.3 Å². The molecule has 0 aromatic rings. The second kappa shape index (κ2) is 3.95. The molecule has 0 amide bonds. The maximum atomic E-state index is 12.2. The van der Waals surface area contributed by atoms with Crippen molar-refractivity contribution >= 4 is 0 Å². The van der Waals surface area contributed by atoms with Gasteiger partial charge in [0.15, 0.2) is 0 Å². The van der Waals surface area contributed by atoms with Crippen molar-refractivity contribution in [1.29, 1.82) is 0 Å². The summed E-state index contributed by atoms with van der Waals surface area (Å²) in [4.78, 5) is 0. The van der Waals surface area contributed by atoms with Crippen molar-refractivity contribution in [1.82, 2.24) is 0 Å². The molecule has 0 nitrogen and oxygen atoms in total. The van der Waals surface area contributed by atoms with Gasteiger partial charge in [0, 0.05) is 0 Å². The molecule has 0 unspecified atom stereocenters. The summed E-state index contributed by atoms with van der Waals surface area (Å²) in [5, 5.41) is 0. The van der Waals surface area contributed by atoms with Crippen molar-refractivity contribution in [3.63, 3.8) is 0 Å². The van der Waals surface area contributed by atoms with Gasteiger partial charge in [0.1, 0.15) is 0 Å². The highest BCUT2D eigenvalue weighted by Crippen LogP contribution is 2.24. The third kappa shape index (κ3) is 4.78. The third-order valence-corrected chi connectivity index (χ3v) is 1.76. The number of halogens is 1. The molecule has 0 N–H and O–H groups in total. The highest BCUT2D eigenvalue weighted by atomic mass is 19.1. The Balaban J connectivity index is 3.46. The lowest BCUT2D eigenvalue weighted by Crippen LogP contribution is -2.14. The van der Waals surface area contributed by atoms with Gasteiger partial charge in [-0.05, 0) is 17.8 Å². The number of hydrogen-bond acceptors (Lipinski definition) is 0. The first-order chi connectivity index (χ1) is 4.48. The minimum Gasteiger partial charge on any atom is -0.251 e. The van der Waals surface area contributed by atoms with Crippen LogP contribution in [0.15, 0.2) is 0 Å². The zero-order valence-corrected chi connectivity index (χ0v) is 7.58. The molecule has 0 atom stereocenters. The molecule has 0 spiro atoms. The van der Waals surface area contributed by atoms with Gasteiger partial charge in [-0.25, -0.2) is 0 Å². The van der Waals surface area contributed by atoms with E-state index in [9.17, 15) is 4.39 Å². The van der Waals surface area contributed by atoms with Crippen LogP contribution < -0.4 is 0 Å². The zero-order chi connectivity index (χ0) is 8.20. The van der Waals surface area contributed by atoms with Gasteiger partial charge in [-0.3, -0.25) is 4.39 Å². The topological polar surface area (TPSA) is 0 Å². The van der Waals surface area contributed by atoms with Gasteiger partial charge in [0.05, 0.1) is 6.67 Å². The lowest BCUT2D eigenvalue weighted by molar-refractivity contribution is 0.225. The minimum atomic E-state index is -0.195. The summed E-state index contributed by atoms with van der Waals surface area (Å²) in [7, 11) is 0. The summed E-state index contributed by atoms with van der Waals surface area (Å²) >= 11 is 0. The average Bonchev–Trinajstić information content (AvgIpc) is 1.85. The average molecular weight is 146 g/mol. The van der Waals surface area contributed by atoms with E-state index in [1.165, 1.54) is 0 Å². The van der Waals surface area contributed by atoms with Crippen molar-refractivity contribution < 1.29 is 4.39 Å². The van der Waals surface area contributed by atoms with Crippen LogP contribution in [0.1, 0.15) is 40.5 Å². The predicted molar refractivity (Wildman–Crippen MR) is 43.8 cm³/mol. The molecule has 0 aliphatic heterocycles. The van der Waals surface area contributed by atoms with Gasteiger partial charge in [-0.1, -0.05) is 34.1 Å². The lowest BCUT2D eigenvalue weighted by Gasteiger charge is -2.20. The zero-order valence-electron chi connectivity index (χ0n) is 7.58. The van der Waals surface area contributed by atoms with Crippen LogP contribution >= 0.6 is 0 Å². The van der Waals surface area contributed by atoms with Gasteiger partial charge >= 0.3 is 0 Å². The first-order valence-electron chi connectivity index (χ1n) is 4.04. The molecule has 0 fully saturated rings. The van der Waals surface area contributed by atoms with Gasteiger partial charge in [-0.2, -0.15) is 0 Å². The SMILES string of the molecule is CC(C)CCC(C)(C)CF. The molecule has 0 bridgehead atoms. The highest BCUT2D eigenvalue weighted by Gasteiger charge is 2.17. The molecule has 0 rings (SSSR count). The van der Waals surface area contributed by atoms with Crippen LogP contribution in [0.5, 0.6) is 0 Å². The number of alkyl halides is 1. The van der Waals surface area contributed by atoms with Crippen LogP contribution in [-0.2, 0) is 0 Å². The summed E-state index contributed by atoms with van der Waals surface area (Å²) in [5.41, 5.74) is -0.0930. The Kier molecular flexibility index (Phi) is 3.92. The quantitative estimate of drug-likeness (QED) is 0.570. The highest BCUT2D eigenvalue weighted by molar-refractivity contribution is 4.67. The Morgan fingerprint density at radius 2 is 1.80 bits per heavy atom. The van der Waals surface area contributed by atoms with E-state index in [1.807, 2.05) is 13.8 Å². The van der Waals surface area contributed by atoms with E-state index in [-0.39, 0.29) is 12.1 Å². The minimum absolute atomic E-state index is 0.0930. The van der Waals surface area contributed by atoms with E-state index < -0.39 is 0 Å². The first kappa shape index (κ1) is 9.93. The van der Waals surface area contributed by atoms with Crippen molar-refractivity contribution in [2.24, 2.45) is 11.3 Å². The smallest absolute Gasteiger partial charge is 0.0945 e. The first-order valence-corrected chi connectivity index (χ1v) is 4.04. The Morgan fingerprint density at radius 1 is 1.30 bits per heavy atom. The summed E-state index contributed by atoms with van der Waals surface area (Å²) in [6, 6.07) is 0. The monoisotopic (exact) mass is 146 g/mol. The normalized spacial score (nSPS) is 12.6. The van der Waals surface area contributed by atoms with Crippen LogP contribution in [-0.4, -0.2) is 6.67 Å². The van der Waals surface area contributed by atoms with Gasteiger partial charge in [-0.15, -0.1) is 0 Å². The van der Waals surface area contributed by atoms with Gasteiger partial charge in [0.2, 0.25) is 0 Å². The van der Waals surface area contributed by atoms with Crippen LogP contribution in [0.25, 0.3) is 0 Å². The molecular formula is C9H19F. The van der Waals surface area contributed by atoms with Gasteiger partial charge in [0.25, 0.3) is 0 Å². The van der Waals surface area contributed by atoms with Crippen LogP contribution in [0.3, 0.4) is 0 Å². The Bertz CT molecular complexity index is 84.7. The molecule has 10 heavy (non-hydrogen) atoms. The number of rotatable bonds is 4. The molecule has 0 saturated heterocycles. The fourth-order valence-corrected chi connectivity index (χ4v) is 0.746. The maximum absolute atomic E-state index is 12.2. The Hall–Kier alpha value is -0.0700. The van der Waals surface area contributed by atoms with E-state index in [0.29, 0.717) is 5.92 Å². The molecule has 0 heterocycles. The molecule has 0 saturated carbocycles. The summed E-state index contributed by atoms with van der Waals surface area (Å²) in [6.45, 7) is 8.12. The van der Waals surface area contributed by atoms with E-state index in [2.05, 4.69) is 13.8 Å². The van der Waals surface area contributed by atoms with E-state index >= 15 is 0 Å². The lowest BCUT2D eigenvalue weighted by atomic mass is 9.87.